The number of hydrogen-bond acceptors (Lipinski definition) is 2. The van der Waals surface area contributed by atoms with Crippen LogP contribution in [0.3, 0.4) is 0 Å². The van der Waals surface area contributed by atoms with Crippen molar-refractivity contribution in [3.05, 3.63) is 0 Å². The first kappa shape index (κ1) is 10.9. The molecule has 15 heavy (non-hydrogen) atoms. The lowest BCUT2D eigenvalue weighted by Crippen LogP contribution is -2.41. The molecule has 1 atom stereocenters. The molecule has 2 fully saturated rings. The van der Waals surface area contributed by atoms with Crippen LogP contribution in [0.1, 0.15) is 44.9 Å². The second-order valence-corrected chi connectivity index (χ2v) is 5.04. The van der Waals surface area contributed by atoms with E-state index >= 15 is 0 Å². The molecule has 3 heteroatoms. The zero-order valence-corrected chi connectivity index (χ0v) is 9.45. The van der Waals surface area contributed by atoms with Crippen molar-refractivity contribution in [3.63, 3.8) is 0 Å². The van der Waals surface area contributed by atoms with Crippen LogP contribution in [0.4, 0.5) is 0 Å². The van der Waals surface area contributed by atoms with E-state index in [1.165, 1.54) is 44.9 Å². The van der Waals surface area contributed by atoms with Crippen molar-refractivity contribution in [2.45, 2.75) is 51.0 Å². The predicted octanol–water partition coefficient (Wildman–Crippen LogP) is 1.52. The number of nitrogens with zero attached hydrogens (tertiary/aromatic N) is 1. The maximum atomic E-state index is 11.0. The van der Waals surface area contributed by atoms with E-state index in [1.54, 1.807) is 0 Å². The molecule has 0 aromatic carbocycles. The van der Waals surface area contributed by atoms with E-state index in [0.29, 0.717) is 12.6 Å². The maximum Gasteiger partial charge on any atom is 0.231 e. The molecule has 1 aliphatic carbocycles. The van der Waals surface area contributed by atoms with Crippen LogP contribution in [-0.2, 0) is 4.79 Å². The topological polar surface area (TPSA) is 46.3 Å². The van der Waals surface area contributed by atoms with Gasteiger partial charge in [0.15, 0.2) is 0 Å². The van der Waals surface area contributed by atoms with E-state index in [2.05, 4.69) is 4.90 Å². The Morgan fingerprint density at radius 2 is 1.87 bits per heavy atom. The zero-order valence-electron chi connectivity index (χ0n) is 9.45. The molecule has 0 radical (unpaired) electrons. The minimum Gasteiger partial charge on any atom is -0.369 e. The highest BCUT2D eigenvalue weighted by Gasteiger charge is 2.32. The number of primary amides is 1. The third kappa shape index (κ3) is 2.71. The highest BCUT2D eigenvalue weighted by molar-refractivity contribution is 5.76. The number of amides is 1. The first-order valence-electron chi connectivity index (χ1n) is 6.30. The fourth-order valence-electron chi connectivity index (χ4n) is 3.30. The van der Waals surface area contributed by atoms with Gasteiger partial charge in [-0.15, -0.1) is 0 Å². The average Bonchev–Trinajstić information content (AvgIpc) is 2.66. The fourth-order valence-corrected chi connectivity index (χ4v) is 3.30. The van der Waals surface area contributed by atoms with Gasteiger partial charge in [-0.1, -0.05) is 19.3 Å². The zero-order chi connectivity index (χ0) is 10.7. The fraction of sp³-hybridized carbons (Fsp3) is 0.917. The Morgan fingerprint density at radius 3 is 2.53 bits per heavy atom. The van der Waals surface area contributed by atoms with E-state index in [0.717, 1.165) is 12.5 Å². The third-order valence-electron chi connectivity index (χ3n) is 3.97. The molecule has 3 nitrogen and oxygen atoms in total. The lowest BCUT2D eigenvalue weighted by Gasteiger charge is -2.33. The second kappa shape index (κ2) is 4.97. The number of carbonyl (C=O) groups excluding carboxylic acids is 1. The van der Waals surface area contributed by atoms with Gasteiger partial charge in [0.1, 0.15) is 0 Å². The normalized spacial score (nSPS) is 29.5. The SMILES string of the molecule is NC(=O)CN1CCC[C@H]1C1CCCCC1. The summed E-state index contributed by atoms with van der Waals surface area (Å²) in [6.07, 6.45) is 9.41. The van der Waals surface area contributed by atoms with Crippen molar-refractivity contribution in [3.8, 4) is 0 Å². The molecule has 0 aromatic heterocycles. The number of rotatable bonds is 3. The first-order chi connectivity index (χ1) is 7.27. The maximum absolute atomic E-state index is 11.0. The molecule has 1 amide bonds. The van der Waals surface area contributed by atoms with Gasteiger partial charge in [0.2, 0.25) is 5.91 Å². The van der Waals surface area contributed by atoms with Gasteiger partial charge >= 0.3 is 0 Å². The van der Waals surface area contributed by atoms with Crippen LogP contribution < -0.4 is 5.73 Å². The van der Waals surface area contributed by atoms with E-state index < -0.39 is 0 Å². The highest BCUT2D eigenvalue weighted by atomic mass is 16.1. The molecule has 2 rings (SSSR count). The van der Waals surface area contributed by atoms with E-state index in [9.17, 15) is 4.79 Å². The smallest absolute Gasteiger partial charge is 0.231 e. The van der Waals surface area contributed by atoms with Gasteiger partial charge in [-0.25, -0.2) is 0 Å². The summed E-state index contributed by atoms with van der Waals surface area (Å²) in [6, 6.07) is 0.651. The van der Waals surface area contributed by atoms with E-state index in [1.807, 2.05) is 0 Å². The molecule has 1 aliphatic heterocycles. The largest absolute Gasteiger partial charge is 0.369 e. The Hall–Kier alpha value is -0.570. The average molecular weight is 210 g/mol. The molecule has 0 unspecified atom stereocenters. The number of likely N-dealkylation sites (tertiary alicyclic amines) is 1. The summed E-state index contributed by atoms with van der Waals surface area (Å²) in [6.45, 7) is 1.55. The Morgan fingerprint density at radius 1 is 1.13 bits per heavy atom. The van der Waals surface area contributed by atoms with Crippen LogP contribution in [0, 0.1) is 5.92 Å². The Balaban J connectivity index is 1.91. The Labute approximate surface area is 92.0 Å². The van der Waals surface area contributed by atoms with Crippen molar-refractivity contribution < 1.29 is 4.79 Å². The van der Waals surface area contributed by atoms with Gasteiger partial charge in [-0.2, -0.15) is 0 Å². The molecular weight excluding hydrogens is 188 g/mol. The number of nitrogens with two attached hydrogens (primary N) is 1. The summed E-state index contributed by atoms with van der Waals surface area (Å²) in [5.41, 5.74) is 5.28. The first-order valence-corrected chi connectivity index (χ1v) is 6.30. The Bertz CT molecular complexity index is 224. The Kier molecular flexibility index (Phi) is 3.62. The summed E-state index contributed by atoms with van der Waals surface area (Å²) >= 11 is 0. The molecule has 86 valence electrons. The van der Waals surface area contributed by atoms with Gasteiger partial charge in [0.25, 0.3) is 0 Å². The molecule has 2 N–H and O–H groups in total. The van der Waals surface area contributed by atoms with Crippen LogP contribution in [0.5, 0.6) is 0 Å². The third-order valence-corrected chi connectivity index (χ3v) is 3.97. The quantitative estimate of drug-likeness (QED) is 0.767. The summed E-state index contributed by atoms with van der Waals surface area (Å²) < 4.78 is 0. The molecule has 1 saturated heterocycles. The molecule has 0 bridgehead atoms. The van der Waals surface area contributed by atoms with Crippen molar-refractivity contribution in [2.75, 3.05) is 13.1 Å². The van der Waals surface area contributed by atoms with Gasteiger partial charge in [0.05, 0.1) is 6.54 Å². The second-order valence-electron chi connectivity index (χ2n) is 5.04. The molecule has 0 spiro atoms. The van der Waals surface area contributed by atoms with Crippen LogP contribution >= 0.6 is 0 Å². The van der Waals surface area contributed by atoms with Crippen LogP contribution in [0.25, 0.3) is 0 Å². The standard InChI is InChI=1S/C12H22N2O/c13-12(15)9-14-8-4-7-11(14)10-5-2-1-3-6-10/h10-11H,1-9H2,(H2,13,15)/t11-/m0/s1. The van der Waals surface area contributed by atoms with E-state index in [-0.39, 0.29) is 5.91 Å². The van der Waals surface area contributed by atoms with Crippen molar-refractivity contribution >= 4 is 5.91 Å². The lowest BCUT2D eigenvalue weighted by molar-refractivity contribution is -0.119. The van der Waals surface area contributed by atoms with Crippen molar-refractivity contribution in [1.82, 2.24) is 4.90 Å². The molecule has 1 heterocycles. The van der Waals surface area contributed by atoms with Gasteiger partial charge in [-0.3, -0.25) is 9.69 Å². The van der Waals surface area contributed by atoms with Crippen LogP contribution in [0.2, 0.25) is 0 Å². The minimum atomic E-state index is -0.169. The predicted molar refractivity (Wildman–Crippen MR) is 60.4 cm³/mol. The number of hydrogen-bond donors (Lipinski definition) is 1. The molecular formula is C12H22N2O. The van der Waals surface area contributed by atoms with Crippen molar-refractivity contribution in [2.24, 2.45) is 11.7 Å². The van der Waals surface area contributed by atoms with Crippen LogP contribution in [-0.4, -0.2) is 29.9 Å². The summed E-state index contributed by atoms with van der Waals surface area (Å²) in [5, 5.41) is 0. The minimum absolute atomic E-state index is 0.169. The molecule has 2 aliphatic rings. The van der Waals surface area contributed by atoms with E-state index in [4.69, 9.17) is 5.73 Å². The number of carbonyl (C=O) groups is 1. The monoisotopic (exact) mass is 210 g/mol. The molecule has 1 saturated carbocycles. The van der Waals surface area contributed by atoms with Gasteiger partial charge in [-0.05, 0) is 38.1 Å². The summed E-state index contributed by atoms with van der Waals surface area (Å²) in [7, 11) is 0. The lowest BCUT2D eigenvalue weighted by atomic mass is 9.83. The van der Waals surface area contributed by atoms with Gasteiger partial charge in [0, 0.05) is 6.04 Å². The summed E-state index contributed by atoms with van der Waals surface area (Å²) in [4.78, 5) is 13.3. The summed E-state index contributed by atoms with van der Waals surface area (Å²) in [5.74, 6) is 0.665. The van der Waals surface area contributed by atoms with Crippen LogP contribution in [0.15, 0.2) is 0 Å². The van der Waals surface area contributed by atoms with Crippen molar-refractivity contribution in [1.29, 1.82) is 0 Å². The highest BCUT2D eigenvalue weighted by Crippen LogP contribution is 2.33. The van der Waals surface area contributed by atoms with Gasteiger partial charge < -0.3 is 5.73 Å². The molecule has 0 aromatic rings.